The third-order valence-electron chi connectivity index (χ3n) is 5.42. The fourth-order valence-corrected chi connectivity index (χ4v) is 4.02. The van der Waals surface area contributed by atoms with E-state index in [2.05, 4.69) is 79.2 Å². The second kappa shape index (κ2) is 5.03. The van der Waals surface area contributed by atoms with Crippen LogP contribution in [0, 0.1) is 6.92 Å². The van der Waals surface area contributed by atoms with Crippen LogP contribution in [0.25, 0.3) is 21.9 Å². The number of furan rings is 1. The minimum absolute atomic E-state index is 0.231. The molecule has 0 amide bonds. The van der Waals surface area contributed by atoms with Gasteiger partial charge in [0.25, 0.3) is 0 Å². The van der Waals surface area contributed by atoms with E-state index in [1.807, 2.05) is 12.1 Å². The molecular formula is C22H20N2O. The predicted molar refractivity (Wildman–Crippen MR) is 105 cm³/mol. The van der Waals surface area contributed by atoms with Crippen LogP contribution < -0.4 is 9.80 Å². The van der Waals surface area contributed by atoms with Crippen molar-refractivity contribution in [3.63, 3.8) is 0 Å². The summed E-state index contributed by atoms with van der Waals surface area (Å²) in [5.74, 6) is 0. The minimum Gasteiger partial charge on any atom is -0.454 e. The number of fused-ring (bicyclic) bond motifs is 4. The van der Waals surface area contributed by atoms with Gasteiger partial charge in [-0.15, -0.1) is 0 Å². The fourth-order valence-electron chi connectivity index (χ4n) is 4.02. The third kappa shape index (κ3) is 1.86. The first kappa shape index (κ1) is 14.4. The topological polar surface area (TPSA) is 19.6 Å². The molecule has 1 atom stereocenters. The van der Waals surface area contributed by atoms with E-state index in [1.165, 1.54) is 27.7 Å². The molecule has 124 valence electrons. The van der Waals surface area contributed by atoms with E-state index >= 15 is 0 Å². The van der Waals surface area contributed by atoms with Crippen molar-refractivity contribution in [1.29, 1.82) is 0 Å². The van der Waals surface area contributed by atoms with Crippen LogP contribution in [-0.2, 0) is 0 Å². The molecule has 0 radical (unpaired) electrons. The van der Waals surface area contributed by atoms with Gasteiger partial charge in [0.1, 0.15) is 11.7 Å². The van der Waals surface area contributed by atoms with Crippen LogP contribution in [-0.4, -0.2) is 13.2 Å². The van der Waals surface area contributed by atoms with Gasteiger partial charge in [0.05, 0.1) is 17.1 Å². The SMILES string of the molecule is Cc1ccc2c(oc3ccccc32)c1N1c2ccccc2N(C)[C@@H]1C. The summed E-state index contributed by atoms with van der Waals surface area (Å²) in [6.45, 7) is 4.40. The van der Waals surface area contributed by atoms with E-state index in [9.17, 15) is 0 Å². The third-order valence-corrected chi connectivity index (χ3v) is 5.42. The second-order valence-corrected chi connectivity index (χ2v) is 6.81. The Morgan fingerprint density at radius 1 is 0.840 bits per heavy atom. The van der Waals surface area contributed by atoms with Crippen LogP contribution in [0.5, 0.6) is 0 Å². The van der Waals surface area contributed by atoms with Gasteiger partial charge < -0.3 is 14.2 Å². The standard InChI is InChI=1S/C22H20N2O/c1-14-12-13-17-16-8-4-7-11-20(16)25-22(17)21(14)24-15(2)23(3)18-9-5-6-10-19(18)24/h4-13,15H,1-3H3/t15-/m0/s1. The van der Waals surface area contributed by atoms with Gasteiger partial charge in [-0.25, -0.2) is 0 Å². The molecule has 0 N–H and O–H groups in total. The predicted octanol–water partition coefficient (Wildman–Crippen LogP) is 5.83. The van der Waals surface area contributed by atoms with Gasteiger partial charge in [0, 0.05) is 17.8 Å². The van der Waals surface area contributed by atoms with Gasteiger partial charge >= 0.3 is 0 Å². The van der Waals surface area contributed by atoms with Crippen molar-refractivity contribution in [1.82, 2.24) is 0 Å². The summed E-state index contributed by atoms with van der Waals surface area (Å²) in [7, 11) is 2.15. The second-order valence-electron chi connectivity index (χ2n) is 6.81. The van der Waals surface area contributed by atoms with Gasteiger partial charge in [0.2, 0.25) is 0 Å². The summed E-state index contributed by atoms with van der Waals surface area (Å²) >= 11 is 0. The van der Waals surface area contributed by atoms with Crippen LogP contribution >= 0.6 is 0 Å². The summed E-state index contributed by atoms with van der Waals surface area (Å²) in [5.41, 5.74) is 6.79. The number of aryl methyl sites for hydroxylation is 1. The maximum atomic E-state index is 6.32. The highest BCUT2D eigenvalue weighted by molar-refractivity contribution is 6.10. The highest BCUT2D eigenvalue weighted by Gasteiger charge is 2.33. The first-order chi connectivity index (χ1) is 12.2. The van der Waals surface area contributed by atoms with Gasteiger partial charge in [0.15, 0.2) is 5.58 Å². The average Bonchev–Trinajstić information content (AvgIpc) is 3.12. The molecule has 3 heteroatoms. The number of nitrogens with zero attached hydrogens (tertiary/aromatic N) is 2. The lowest BCUT2D eigenvalue weighted by Gasteiger charge is -2.29. The number of hydrogen-bond donors (Lipinski definition) is 0. The maximum absolute atomic E-state index is 6.32. The Morgan fingerprint density at radius 3 is 2.40 bits per heavy atom. The van der Waals surface area contributed by atoms with E-state index in [1.54, 1.807) is 0 Å². The Bertz CT molecular complexity index is 1110. The molecular weight excluding hydrogens is 308 g/mol. The molecule has 4 aromatic rings. The zero-order chi connectivity index (χ0) is 17.1. The van der Waals surface area contributed by atoms with Crippen LogP contribution in [0.4, 0.5) is 17.1 Å². The maximum Gasteiger partial charge on any atom is 0.159 e. The highest BCUT2D eigenvalue weighted by Crippen LogP contribution is 2.47. The first-order valence-electron chi connectivity index (χ1n) is 8.69. The number of anilines is 3. The van der Waals surface area contributed by atoms with Crippen LogP contribution in [0.15, 0.2) is 65.1 Å². The molecule has 0 unspecified atom stereocenters. The van der Waals surface area contributed by atoms with E-state index in [0.717, 1.165) is 16.9 Å². The number of rotatable bonds is 1. The van der Waals surface area contributed by atoms with Crippen LogP contribution in [0.3, 0.4) is 0 Å². The summed E-state index contributed by atoms with van der Waals surface area (Å²) < 4.78 is 6.32. The van der Waals surface area contributed by atoms with Crippen molar-refractivity contribution >= 4 is 39.0 Å². The smallest absolute Gasteiger partial charge is 0.159 e. The van der Waals surface area contributed by atoms with Crippen LogP contribution in [0.1, 0.15) is 12.5 Å². The molecule has 3 aromatic carbocycles. The summed E-state index contributed by atoms with van der Waals surface area (Å²) in [5, 5.41) is 2.35. The van der Waals surface area contributed by atoms with Crippen LogP contribution in [0.2, 0.25) is 0 Å². The largest absolute Gasteiger partial charge is 0.454 e. The molecule has 0 saturated carbocycles. The Morgan fingerprint density at radius 2 is 1.56 bits per heavy atom. The fraction of sp³-hybridized carbons (Fsp3) is 0.182. The lowest BCUT2D eigenvalue weighted by molar-refractivity contribution is 0.661. The van der Waals surface area contributed by atoms with Gasteiger partial charge in [-0.1, -0.05) is 42.5 Å². The summed E-state index contributed by atoms with van der Waals surface area (Å²) in [4.78, 5) is 4.71. The molecule has 25 heavy (non-hydrogen) atoms. The summed E-state index contributed by atoms with van der Waals surface area (Å²) in [6.07, 6.45) is 0.231. The highest BCUT2D eigenvalue weighted by atomic mass is 16.3. The number of hydrogen-bond acceptors (Lipinski definition) is 3. The monoisotopic (exact) mass is 328 g/mol. The van der Waals surface area contributed by atoms with E-state index < -0.39 is 0 Å². The minimum atomic E-state index is 0.231. The molecule has 1 aliphatic heterocycles. The molecule has 1 aliphatic rings. The average molecular weight is 328 g/mol. The van der Waals surface area contributed by atoms with E-state index in [-0.39, 0.29) is 6.17 Å². The molecule has 0 fully saturated rings. The van der Waals surface area contributed by atoms with Crippen molar-refractivity contribution in [2.24, 2.45) is 0 Å². The molecule has 3 nitrogen and oxygen atoms in total. The summed E-state index contributed by atoms with van der Waals surface area (Å²) in [6, 6.07) is 21.2. The van der Waals surface area contributed by atoms with Gasteiger partial charge in [-0.3, -0.25) is 0 Å². The lowest BCUT2D eigenvalue weighted by Crippen LogP contribution is -2.36. The molecule has 0 aliphatic carbocycles. The zero-order valence-electron chi connectivity index (χ0n) is 14.7. The normalized spacial score (nSPS) is 16.8. The quantitative estimate of drug-likeness (QED) is 0.438. The Hall–Kier alpha value is -2.94. The molecule has 1 aromatic heterocycles. The van der Waals surface area contributed by atoms with Crippen molar-refractivity contribution < 1.29 is 4.42 Å². The lowest BCUT2D eigenvalue weighted by atomic mass is 10.1. The molecule has 2 heterocycles. The van der Waals surface area contributed by atoms with E-state index in [4.69, 9.17) is 4.42 Å². The Labute approximate surface area is 147 Å². The van der Waals surface area contributed by atoms with Crippen molar-refractivity contribution in [3.05, 3.63) is 66.2 Å². The molecule has 0 saturated heterocycles. The van der Waals surface area contributed by atoms with Gasteiger partial charge in [-0.2, -0.15) is 0 Å². The van der Waals surface area contributed by atoms with E-state index in [0.29, 0.717) is 0 Å². The van der Waals surface area contributed by atoms with Gasteiger partial charge in [-0.05, 0) is 37.6 Å². The first-order valence-corrected chi connectivity index (χ1v) is 8.69. The number of benzene rings is 3. The number of para-hydroxylation sites is 3. The van der Waals surface area contributed by atoms with Crippen molar-refractivity contribution in [3.8, 4) is 0 Å². The zero-order valence-corrected chi connectivity index (χ0v) is 14.7. The van der Waals surface area contributed by atoms with Crippen molar-refractivity contribution in [2.75, 3.05) is 16.8 Å². The Kier molecular flexibility index (Phi) is 2.90. The molecule has 5 rings (SSSR count). The van der Waals surface area contributed by atoms with Crippen molar-refractivity contribution in [2.45, 2.75) is 20.0 Å². The molecule has 0 spiro atoms. The molecule has 0 bridgehead atoms. The Balaban J connectivity index is 1.85.